The summed E-state index contributed by atoms with van der Waals surface area (Å²) in [4.78, 5) is 0.164. The Morgan fingerprint density at radius 3 is 2.07 bits per heavy atom. The maximum absolute atomic E-state index is 13.1. The van der Waals surface area contributed by atoms with Crippen LogP contribution in [0.25, 0.3) is 0 Å². The number of sulfonamides is 1. The van der Waals surface area contributed by atoms with Crippen LogP contribution in [-0.4, -0.2) is 17.8 Å². The average Bonchev–Trinajstić information content (AvgIpc) is 2.72. The molecule has 1 unspecified atom stereocenters. The van der Waals surface area contributed by atoms with Crippen molar-refractivity contribution in [1.29, 1.82) is 0 Å². The van der Waals surface area contributed by atoms with Crippen LogP contribution in [-0.2, 0) is 16.6 Å². The van der Waals surface area contributed by atoms with Gasteiger partial charge >= 0.3 is 0 Å². The molecular formula is C23H21NO3S. The van der Waals surface area contributed by atoms with E-state index in [1.807, 2.05) is 43.3 Å². The van der Waals surface area contributed by atoms with Crippen molar-refractivity contribution < 1.29 is 13.5 Å². The van der Waals surface area contributed by atoms with Crippen LogP contribution >= 0.6 is 0 Å². The van der Waals surface area contributed by atoms with Crippen LogP contribution in [0, 0.1) is 18.9 Å². The molecule has 3 aromatic rings. The molecule has 142 valence electrons. The molecule has 28 heavy (non-hydrogen) atoms. The third-order valence-corrected chi connectivity index (χ3v) is 5.89. The Kier molecular flexibility index (Phi) is 6.15. The van der Waals surface area contributed by atoms with Gasteiger partial charge in [-0.05, 0) is 36.1 Å². The molecule has 0 aliphatic rings. The second kappa shape index (κ2) is 8.75. The van der Waals surface area contributed by atoms with Gasteiger partial charge in [-0.1, -0.05) is 78.4 Å². The number of hydrogen-bond donors (Lipinski definition) is 1. The highest BCUT2D eigenvalue weighted by Gasteiger charge is 2.22. The molecular weight excluding hydrogens is 370 g/mol. The van der Waals surface area contributed by atoms with Crippen LogP contribution in [0.4, 0.5) is 0 Å². The first-order valence-electron chi connectivity index (χ1n) is 8.84. The standard InChI is InChI=1S/C23H21NO3S/c1-19-12-14-22(15-13-19)28(26,27)24(18-20-8-4-2-5-9-20)17-16-23(25)21-10-6-3-7-11-21/h2-15,23,25H,18H2,1H3. The molecule has 0 aliphatic carbocycles. The molecule has 3 rings (SSSR count). The van der Waals surface area contributed by atoms with Gasteiger partial charge in [0.1, 0.15) is 6.10 Å². The summed E-state index contributed by atoms with van der Waals surface area (Å²) in [5.74, 6) is 2.66. The fourth-order valence-electron chi connectivity index (χ4n) is 2.62. The number of nitrogens with zero attached hydrogens (tertiary/aromatic N) is 1. The van der Waals surface area contributed by atoms with Crippen molar-refractivity contribution >= 4 is 10.0 Å². The van der Waals surface area contributed by atoms with Gasteiger partial charge in [-0.25, -0.2) is 12.7 Å². The van der Waals surface area contributed by atoms with Crippen molar-refractivity contribution in [2.75, 3.05) is 0 Å². The lowest BCUT2D eigenvalue weighted by atomic mass is 10.1. The second-order valence-corrected chi connectivity index (χ2v) is 8.24. The molecule has 1 N–H and O–H groups in total. The number of rotatable bonds is 5. The summed E-state index contributed by atoms with van der Waals surface area (Å²) in [7, 11) is -3.85. The Morgan fingerprint density at radius 1 is 0.893 bits per heavy atom. The summed E-state index contributed by atoms with van der Waals surface area (Å²) in [6.45, 7) is 1.99. The number of aliphatic hydroxyl groups is 1. The van der Waals surface area contributed by atoms with E-state index in [0.29, 0.717) is 5.56 Å². The zero-order valence-corrected chi connectivity index (χ0v) is 16.3. The first-order valence-corrected chi connectivity index (χ1v) is 10.3. The first kappa shape index (κ1) is 19.7. The molecule has 0 heterocycles. The van der Waals surface area contributed by atoms with Crippen LogP contribution in [0.1, 0.15) is 22.8 Å². The Bertz CT molecular complexity index is 1070. The smallest absolute Gasteiger partial charge is 0.271 e. The summed E-state index contributed by atoms with van der Waals surface area (Å²) in [6, 6.07) is 27.5. The second-order valence-electron chi connectivity index (χ2n) is 6.38. The van der Waals surface area contributed by atoms with E-state index in [2.05, 4.69) is 12.0 Å². The Balaban J connectivity index is 1.96. The summed E-state index contributed by atoms with van der Waals surface area (Å²) in [5, 5.41) is 10.3. The van der Waals surface area contributed by atoms with Gasteiger partial charge in [0, 0.05) is 6.04 Å². The summed E-state index contributed by atoms with van der Waals surface area (Å²) in [5.41, 5.74) is 2.39. The van der Waals surface area contributed by atoms with E-state index < -0.39 is 16.1 Å². The number of aryl methyl sites for hydroxylation is 1. The minimum absolute atomic E-state index is 0.0888. The first-order chi connectivity index (χ1) is 13.5. The quantitative estimate of drug-likeness (QED) is 0.530. The summed E-state index contributed by atoms with van der Waals surface area (Å²) < 4.78 is 27.4. The van der Waals surface area contributed by atoms with Crippen LogP contribution in [0.3, 0.4) is 0 Å². The Labute approximate surface area is 166 Å². The lowest BCUT2D eigenvalue weighted by Gasteiger charge is -2.18. The normalized spacial score (nSPS) is 11.9. The third-order valence-electron chi connectivity index (χ3n) is 4.22. The largest absolute Gasteiger partial charge is 0.376 e. The van der Waals surface area contributed by atoms with E-state index in [-0.39, 0.29) is 11.4 Å². The van der Waals surface area contributed by atoms with E-state index in [4.69, 9.17) is 0 Å². The van der Waals surface area contributed by atoms with E-state index >= 15 is 0 Å². The maximum atomic E-state index is 13.1. The lowest BCUT2D eigenvalue weighted by molar-refractivity contribution is 0.238. The zero-order chi connectivity index (χ0) is 20.0. The van der Waals surface area contributed by atoms with E-state index in [0.717, 1.165) is 15.4 Å². The minimum atomic E-state index is -3.85. The van der Waals surface area contributed by atoms with Gasteiger partial charge in [0.25, 0.3) is 10.0 Å². The SMILES string of the molecule is Cc1ccc(S(=O)(=O)N(C#CC(O)c2ccccc2)Cc2ccccc2)cc1. The lowest BCUT2D eigenvalue weighted by Crippen LogP contribution is -2.26. The van der Waals surface area contributed by atoms with Crippen LogP contribution in [0.2, 0.25) is 0 Å². The number of benzene rings is 3. The van der Waals surface area contributed by atoms with E-state index in [1.54, 1.807) is 48.5 Å². The monoisotopic (exact) mass is 391 g/mol. The van der Waals surface area contributed by atoms with Gasteiger partial charge in [0.15, 0.2) is 0 Å². The van der Waals surface area contributed by atoms with Gasteiger partial charge in [0.05, 0.1) is 11.4 Å². The highest BCUT2D eigenvalue weighted by molar-refractivity contribution is 7.89. The maximum Gasteiger partial charge on any atom is 0.271 e. The van der Waals surface area contributed by atoms with Gasteiger partial charge in [0.2, 0.25) is 0 Å². The molecule has 4 nitrogen and oxygen atoms in total. The predicted molar refractivity (Wildman–Crippen MR) is 110 cm³/mol. The Morgan fingerprint density at radius 2 is 1.46 bits per heavy atom. The predicted octanol–water partition coefficient (Wildman–Crippen LogP) is 3.88. The van der Waals surface area contributed by atoms with Crippen molar-refractivity contribution in [2.24, 2.45) is 0 Å². The fraction of sp³-hybridized carbons (Fsp3) is 0.130. The van der Waals surface area contributed by atoms with Gasteiger partial charge in [-0.15, -0.1) is 0 Å². The van der Waals surface area contributed by atoms with Gasteiger partial charge in [-0.3, -0.25) is 0 Å². The molecule has 0 saturated carbocycles. The number of aliphatic hydroxyl groups excluding tert-OH is 1. The highest BCUT2D eigenvalue weighted by atomic mass is 32.2. The van der Waals surface area contributed by atoms with Crippen LogP contribution < -0.4 is 0 Å². The molecule has 0 amide bonds. The van der Waals surface area contributed by atoms with Crippen LogP contribution in [0.5, 0.6) is 0 Å². The highest BCUT2D eigenvalue weighted by Crippen LogP contribution is 2.19. The molecule has 0 aliphatic heterocycles. The molecule has 0 spiro atoms. The van der Waals surface area contributed by atoms with Crippen molar-refractivity contribution in [3.8, 4) is 12.0 Å². The van der Waals surface area contributed by atoms with Crippen molar-refractivity contribution in [2.45, 2.75) is 24.5 Å². The molecule has 0 bridgehead atoms. The van der Waals surface area contributed by atoms with E-state index in [1.165, 1.54) is 0 Å². The Hall–Kier alpha value is -3.07. The molecule has 1 atom stereocenters. The van der Waals surface area contributed by atoms with Crippen molar-refractivity contribution in [1.82, 2.24) is 4.31 Å². The minimum Gasteiger partial charge on any atom is -0.376 e. The molecule has 0 saturated heterocycles. The topological polar surface area (TPSA) is 57.6 Å². The average molecular weight is 391 g/mol. The van der Waals surface area contributed by atoms with Crippen molar-refractivity contribution in [3.63, 3.8) is 0 Å². The third kappa shape index (κ3) is 4.80. The number of hydrogen-bond acceptors (Lipinski definition) is 3. The summed E-state index contributed by atoms with van der Waals surface area (Å²) >= 11 is 0. The fourth-order valence-corrected chi connectivity index (χ4v) is 3.85. The summed E-state index contributed by atoms with van der Waals surface area (Å²) in [6.07, 6.45) is -1.08. The van der Waals surface area contributed by atoms with Gasteiger partial charge in [-0.2, -0.15) is 0 Å². The molecule has 0 radical (unpaired) electrons. The molecule has 0 fully saturated rings. The molecule has 3 aromatic carbocycles. The van der Waals surface area contributed by atoms with Gasteiger partial charge < -0.3 is 5.11 Å². The van der Waals surface area contributed by atoms with Crippen molar-refractivity contribution in [3.05, 3.63) is 102 Å². The molecule has 5 heteroatoms. The van der Waals surface area contributed by atoms with E-state index in [9.17, 15) is 13.5 Å². The zero-order valence-electron chi connectivity index (χ0n) is 15.5. The van der Waals surface area contributed by atoms with Crippen LogP contribution in [0.15, 0.2) is 89.8 Å². The molecule has 0 aromatic heterocycles.